The molecule has 0 saturated heterocycles. The number of aliphatic hydroxyl groups excluding tert-OH is 1. The van der Waals surface area contributed by atoms with Crippen molar-refractivity contribution < 1.29 is 24.9 Å². The van der Waals surface area contributed by atoms with E-state index in [0.717, 1.165) is 6.42 Å². The van der Waals surface area contributed by atoms with Crippen LogP contribution in [0.2, 0.25) is 0 Å². The highest BCUT2D eigenvalue weighted by Gasteiger charge is 2.52. The summed E-state index contributed by atoms with van der Waals surface area (Å²) < 4.78 is 0. The monoisotopic (exact) mass is 296 g/mol. The summed E-state index contributed by atoms with van der Waals surface area (Å²) in [5.74, 6) is -1.88. The number of hydrogen-bond acceptors (Lipinski definition) is 3. The molecule has 0 aromatic rings. The summed E-state index contributed by atoms with van der Waals surface area (Å²) in [6.07, 6.45) is 6.57. The van der Waals surface area contributed by atoms with Crippen LogP contribution in [0.4, 0.5) is 0 Å². The van der Waals surface area contributed by atoms with Gasteiger partial charge in [-0.15, -0.1) is 0 Å². The summed E-state index contributed by atoms with van der Waals surface area (Å²) in [6.45, 7) is 1.87. The van der Waals surface area contributed by atoms with Crippen molar-refractivity contribution in [1.82, 2.24) is 0 Å². The number of rotatable bonds is 8. The first-order chi connectivity index (χ1) is 9.88. The van der Waals surface area contributed by atoms with E-state index in [1.807, 2.05) is 13.0 Å². The molecule has 0 aromatic carbocycles. The fourth-order valence-electron chi connectivity index (χ4n) is 4.11. The predicted molar refractivity (Wildman–Crippen MR) is 76.7 cm³/mol. The Bertz CT molecular complexity index is 444. The SMILES string of the molecule is CCC(O)C(CCC(=O)O)CC12C=CC(CC1C(=O)O)C2. The molecule has 2 aliphatic rings. The molecule has 2 bridgehead atoms. The Labute approximate surface area is 124 Å². The number of aliphatic carboxylic acids is 2. The minimum Gasteiger partial charge on any atom is -0.481 e. The zero-order valence-corrected chi connectivity index (χ0v) is 12.4. The van der Waals surface area contributed by atoms with Crippen molar-refractivity contribution in [3.63, 3.8) is 0 Å². The molecule has 0 aromatic heterocycles. The molecule has 5 heteroatoms. The zero-order chi connectivity index (χ0) is 15.6. The van der Waals surface area contributed by atoms with E-state index in [0.29, 0.717) is 31.6 Å². The van der Waals surface area contributed by atoms with Crippen molar-refractivity contribution >= 4 is 11.9 Å². The molecule has 1 saturated carbocycles. The van der Waals surface area contributed by atoms with Gasteiger partial charge in [-0.05, 0) is 43.9 Å². The van der Waals surface area contributed by atoms with Gasteiger partial charge in [-0.3, -0.25) is 9.59 Å². The van der Waals surface area contributed by atoms with Crippen LogP contribution in [0.25, 0.3) is 0 Å². The van der Waals surface area contributed by atoms with E-state index in [4.69, 9.17) is 5.11 Å². The van der Waals surface area contributed by atoms with Crippen molar-refractivity contribution in [2.24, 2.45) is 23.2 Å². The molecule has 0 radical (unpaired) electrons. The average Bonchev–Trinajstić information content (AvgIpc) is 3.00. The fourth-order valence-corrected chi connectivity index (χ4v) is 4.11. The highest BCUT2D eigenvalue weighted by molar-refractivity contribution is 5.72. The van der Waals surface area contributed by atoms with E-state index in [9.17, 15) is 19.8 Å². The zero-order valence-electron chi connectivity index (χ0n) is 12.4. The maximum absolute atomic E-state index is 11.5. The van der Waals surface area contributed by atoms with Crippen LogP contribution in [-0.4, -0.2) is 33.4 Å². The van der Waals surface area contributed by atoms with Gasteiger partial charge in [0.2, 0.25) is 0 Å². The molecule has 2 rings (SSSR count). The summed E-state index contributed by atoms with van der Waals surface area (Å²) in [4.78, 5) is 22.3. The van der Waals surface area contributed by atoms with E-state index >= 15 is 0 Å². The van der Waals surface area contributed by atoms with Crippen LogP contribution >= 0.6 is 0 Å². The second kappa shape index (κ2) is 6.18. The molecule has 0 spiro atoms. The smallest absolute Gasteiger partial charge is 0.307 e. The number of carboxylic acid groups (broad SMARTS) is 2. The molecule has 5 atom stereocenters. The minimum atomic E-state index is -0.873. The van der Waals surface area contributed by atoms with Crippen LogP contribution in [0.15, 0.2) is 12.2 Å². The Morgan fingerprint density at radius 1 is 1.38 bits per heavy atom. The van der Waals surface area contributed by atoms with Gasteiger partial charge in [-0.1, -0.05) is 19.1 Å². The van der Waals surface area contributed by atoms with E-state index in [2.05, 4.69) is 6.08 Å². The number of aliphatic hydroxyl groups is 1. The number of allylic oxidation sites excluding steroid dienone is 2. The quantitative estimate of drug-likeness (QED) is 0.597. The van der Waals surface area contributed by atoms with Crippen molar-refractivity contribution in [3.05, 3.63) is 12.2 Å². The third-order valence-corrected chi connectivity index (χ3v) is 5.21. The van der Waals surface area contributed by atoms with Crippen LogP contribution in [0.5, 0.6) is 0 Å². The molecule has 0 heterocycles. The Morgan fingerprint density at radius 3 is 2.62 bits per heavy atom. The molecule has 3 N–H and O–H groups in total. The first-order valence-electron chi connectivity index (χ1n) is 7.70. The lowest BCUT2D eigenvalue weighted by Gasteiger charge is -2.35. The first kappa shape index (κ1) is 16.0. The predicted octanol–water partition coefficient (Wildman–Crippen LogP) is 2.30. The summed E-state index contributed by atoms with van der Waals surface area (Å²) >= 11 is 0. The lowest BCUT2D eigenvalue weighted by atomic mass is 9.70. The van der Waals surface area contributed by atoms with Gasteiger partial charge in [-0.2, -0.15) is 0 Å². The van der Waals surface area contributed by atoms with Gasteiger partial charge in [0.15, 0.2) is 0 Å². The standard InChI is InChI=1S/C16H24O5/c1-2-13(17)11(3-4-14(18)19)9-16-6-5-10(8-16)7-12(16)15(20)21/h5-6,10-13,17H,2-4,7-9H2,1H3,(H,18,19)(H,20,21). The fraction of sp³-hybridized carbons (Fsp3) is 0.750. The topological polar surface area (TPSA) is 94.8 Å². The van der Waals surface area contributed by atoms with E-state index in [-0.39, 0.29) is 12.3 Å². The highest BCUT2D eigenvalue weighted by atomic mass is 16.4. The largest absolute Gasteiger partial charge is 0.481 e. The van der Waals surface area contributed by atoms with E-state index in [1.54, 1.807) is 0 Å². The van der Waals surface area contributed by atoms with Crippen molar-refractivity contribution in [3.8, 4) is 0 Å². The maximum atomic E-state index is 11.5. The second-order valence-electron chi connectivity index (χ2n) is 6.56. The molecule has 5 unspecified atom stereocenters. The average molecular weight is 296 g/mol. The van der Waals surface area contributed by atoms with Gasteiger partial charge in [-0.25, -0.2) is 0 Å². The lowest BCUT2D eigenvalue weighted by Crippen LogP contribution is -2.35. The highest BCUT2D eigenvalue weighted by Crippen LogP contribution is 2.57. The van der Waals surface area contributed by atoms with Gasteiger partial charge in [0.1, 0.15) is 0 Å². The summed E-state index contributed by atoms with van der Waals surface area (Å²) in [7, 11) is 0. The Kier molecular flexibility index (Phi) is 4.71. The first-order valence-corrected chi connectivity index (χ1v) is 7.70. The number of carboxylic acids is 2. The van der Waals surface area contributed by atoms with E-state index < -0.39 is 29.4 Å². The molecule has 118 valence electrons. The Balaban J connectivity index is 2.12. The Morgan fingerprint density at radius 2 is 2.10 bits per heavy atom. The molecule has 0 amide bonds. The van der Waals surface area contributed by atoms with Gasteiger partial charge in [0, 0.05) is 11.8 Å². The normalized spacial score (nSPS) is 33.0. The van der Waals surface area contributed by atoms with Gasteiger partial charge in [0.25, 0.3) is 0 Å². The van der Waals surface area contributed by atoms with Crippen LogP contribution in [-0.2, 0) is 9.59 Å². The summed E-state index contributed by atoms with van der Waals surface area (Å²) in [5.41, 5.74) is -0.393. The molecule has 5 nitrogen and oxygen atoms in total. The molecular weight excluding hydrogens is 272 g/mol. The second-order valence-corrected chi connectivity index (χ2v) is 6.56. The molecule has 2 aliphatic carbocycles. The van der Waals surface area contributed by atoms with Gasteiger partial charge < -0.3 is 15.3 Å². The van der Waals surface area contributed by atoms with Crippen LogP contribution in [0.3, 0.4) is 0 Å². The molecule has 1 fully saturated rings. The molecule has 0 aliphatic heterocycles. The third kappa shape index (κ3) is 3.28. The van der Waals surface area contributed by atoms with Gasteiger partial charge in [0.05, 0.1) is 12.0 Å². The number of carbonyl (C=O) groups is 2. The summed E-state index contributed by atoms with van der Waals surface area (Å²) in [6, 6.07) is 0. The third-order valence-electron chi connectivity index (χ3n) is 5.21. The van der Waals surface area contributed by atoms with Crippen molar-refractivity contribution in [2.45, 2.75) is 51.6 Å². The summed E-state index contributed by atoms with van der Waals surface area (Å²) in [5, 5.41) is 28.5. The van der Waals surface area contributed by atoms with Gasteiger partial charge >= 0.3 is 11.9 Å². The van der Waals surface area contributed by atoms with Crippen LogP contribution in [0.1, 0.15) is 45.4 Å². The molecule has 21 heavy (non-hydrogen) atoms. The minimum absolute atomic E-state index is 0.0166. The van der Waals surface area contributed by atoms with Crippen LogP contribution in [0, 0.1) is 23.2 Å². The van der Waals surface area contributed by atoms with E-state index in [1.165, 1.54) is 0 Å². The molecular formula is C16H24O5. The maximum Gasteiger partial charge on any atom is 0.307 e. The van der Waals surface area contributed by atoms with Crippen molar-refractivity contribution in [1.29, 1.82) is 0 Å². The number of hydrogen-bond donors (Lipinski definition) is 3. The number of fused-ring (bicyclic) bond motifs is 2. The van der Waals surface area contributed by atoms with Crippen molar-refractivity contribution in [2.75, 3.05) is 0 Å². The lowest BCUT2D eigenvalue weighted by molar-refractivity contribution is -0.145. The Hall–Kier alpha value is -1.36. The van der Waals surface area contributed by atoms with Crippen LogP contribution < -0.4 is 0 Å².